The monoisotopic (exact) mass is 378 g/mol. The van der Waals surface area contributed by atoms with Gasteiger partial charge in [0.2, 0.25) is 0 Å². The highest BCUT2D eigenvalue weighted by molar-refractivity contribution is 7.91. The van der Waals surface area contributed by atoms with Crippen molar-refractivity contribution in [3.63, 3.8) is 0 Å². The summed E-state index contributed by atoms with van der Waals surface area (Å²) in [5, 5.41) is 7.37. The number of amides is 2. The van der Waals surface area contributed by atoms with Gasteiger partial charge in [-0.15, -0.1) is 11.3 Å². The zero-order valence-corrected chi connectivity index (χ0v) is 15.2. The van der Waals surface area contributed by atoms with Crippen LogP contribution in [-0.4, -0.2) is 37.3 Å². The number of carbonyl (C=O) groups excluding carboxylic acids is 2. The molecule has 1 saturated heterocycles. The summed E-state index contributed by atoms with van der Waals surface area (Å²) in [5.74, 6) is -0.561. The van der Waals surface area contributed by atoms with Crippen LogP contribution in [0.4, 0.5) is 5.69 Å². The third-order valence-corrected chi connectivity index (χ3v) is 6.82. The number of rotatable bonds is 4. The van der Waals surface area contributed by atoms with Gasteiger partial charge in [-0.25, -0.2) is 8.42 Å². The molecule has 0 spiro atoms. The van der Waals surface area contributed by atoms with Crippen molar-refractivity contribution in [3.05, 3.63) is 52.2 Å². The predicted molar refractivity (Wildman–Crippen MR) is 97.9 cm³/mol. The highest BCUT2D eigenvalue weighted by Gasteiger charge is 2.39. The summed E-state index contributed by atoms with van der Waals surface area (Å²) in [7, 11) is -3.10. The Morgan fingerprint density at radius 3 is 2.60 bits per heavy atom. The first-order valence-electron chi connectivity index (χ1n) is 7.74. The van der Waals surface area contributed by atoms with Gasteiger partial charge in [0, 0.05) is 11.3 Å². The standard InChI is InChI=1S/C17H18N2O4S2/c1-17(7-9-25(22,23)11-17)19-15(20)12-4-2-5-13(10-12)18-16(21)14-6-3-8-24-14/h2-6,8,10H,7,9,11H2,1H3,(H,18,21)(H,19,20). The predicted octanol–water partition coefficient (Wildman–Crippen LogP) is 2.31. The van der Waals surface area contributed by atoms with Crippen LogP contribution in [0.3, 0.4) is 0 Å². The average Bonchev–Trinajstić information content (AvgIpc) is 3.15. The van der Waals surface area contributed by atoms with Crippen LogP contribution in [0.2, 0.25) is 0 Å². The molecule has 2 N–H and O–H groups in total. The molecule has 1 aliphatic heterocycles. The van der Waals surface area contributed by atoms with Crippen molar-refractivity contribution >= 4 is 38.7 Å². The minimum atomic E-state index is -3.10. The molecule has 25 heavy (non-hydrogen) atoms. The van der Waals surface area contributed by atoms with Crippen LogP contribution >= 0.6 is 11.3 Å². The van der Waals surface area contributed by atoms with Crippen molar-refractivity contribution in [2.24, 2.45) is 0 Å². The van der Waals surface area contributed by atoms with E-state index >= 15 is 0 Å². The number of carbonyl (C=O) groups is 2. The van der Waals surface area contributed by atoms with E-state index in [1.807, 2.05) is 5.38 Å². The molecule has 132 valence electrons. The summed E-state index contributed by atoms with van der Waals surface area (Å²) in [6.07, 6.45) is 0.399. The van der Waals surface area contributed by atoms with Gasteiger partial charge in [0.1, 0.15) is 0 Å². The lowest BCUT2D eigenvalue weighted by atomic mass is 10.0. The number of anilines is 1. The van der Waals surface area contributed by atoms with E-state index < -0.39 is 15.4 Å². The van der Waals surface area contributed by atoms with Crippen LogP contribution < -0.4 is 10.6 Å². The van der Waals surface area contributed by atoms with Crippen LogP contribution in [0.1, 0.15) is 33.4 Å². The third-order valence-electron chi connectivity index (χ3n) is 4.05. The average molecular weight is 378 g/mol. The van der Waals surface area contributed by atoms with Crippen LogP contribution in [-0.2, 0) is 9.84 Å². The molecule has 1 fully saturated rings. The van der Waals surface area contributed by atoms with Gasteiger partial charge in [-0.2, -0.15) is 0 Å². The SMILES string of the molecule is CC1(NC(=O)c2cccc(NC(=O)c3cccs3)c2)CCS(=O)(=O)C1. The van der Waals surface area contributed by atoms with E-state index in [0.717, 1.165) is 0 Å². The first kappa shape index (κ1) is 17.6. The fourth-order valence-corrected chi connectivity index (χ4v) is 5.51. The summed E-state index contributed by atoms with van der Waals surface area (Å²) in [4.78, 5) is 25.1. The highest BCUT2D eigenvalue weighted by atomic mass is 32.2. The second kappa shape index (κ2) is 6.61. The summed E-state index contributed by atoms with van der Waals surface area (Å²) in [6.45, 7) is 1.73. The van der Waals surface area contributed by atoms with Crippen molar-refractivity contribution in [1.82, 2.24) is 5.32 Å². The largest absolute Gasteiger partial charge is 0.346 e. The minimum absolute atomic E-state index is 0.0550. The zero-order chi connectivity index (χ0) is 18.1. The first-order chi connectivity index (χ1) is 11.8. The molecular weight excluding hydrogens is 360 g/mol. The summed E-state index contributed by atoms with van der Waals surface area (Å²) in [6, 6.07) is 10.1. The number of hydrogen-bond donors (Lipinski definition) is 2. The summed E-state index contributed by atoms with van der Waals surface area (Å²) in [5.41, 5.74) is 0.122. The van der Waals surface area contributed by atoms with Crippen molar-refractivity contribution < 1.29 is 18.0 Å². The van der Waals surface area contributed by atoms with E-state index in [1.165, 1.54) is 11.3 Å². The Bertz CT molecular complexity index is 906. The van der Waals surface area contributed by atoms with Gasteiger partial charge in [0.15, 0.2) is 9.84 Å². The van der Waals surface area contributed by atoms with Crippen LogP contribution in [0.15, 0.2) is 41.8 Å². The Kier molecular flexibility index (Phi) is 4.66. The molecule has 0 aliphatic carbocycles. The van der Waals surface area contributed by atoms with Gasteiger partial charge in [-0.1, -0.05) is 12.1 Å². The Morgan fingerprint density at radius 1 is 1.16 bits per heavy atom. The number of thiophene rings is 1. The van der Waals surface area contributed by atoms with Gasteiger partial charge in [-0.3, -0.25) is 9.59 Å². The van der Waals surface area contributed by atoms with E-state index in [0.29, 0.717) is 22.5 Å². The molecule has 6 nitrogen and oxygen atoms in total. The van der Waals surface area contributed by atoms with E-state index in [-0.39, 0.29) is 23.3 Å². The van der Waals surface area contributed by atoms with Gasteiger partial charge in [0.25, 0.3) is 11.8 Å². The van der Waals surface area contributed by atoms with Crippen molar-refractivity contribution in [3.8, 4) is 0 Å². The van der Waals surface area contributed by atoms with Crippen molar-refractivity contribution in [2.45, 2.75) is 18.9 Å². The molecule has 0 saturated carbocycles. The third kappa shape index (κ3) is 4.26. The van der Waals surface area contributed by atoms with Crippen LogP contribution in [0.25, 0.3) is 0 Å². The van der Waals surface area contributed by atoms with Gasteiger partial charge in [-0.05, 0) is 43.0 Å². The van der Waals surface area contributed by atoms with E-state index in [2.05, 4.69) is 10.6 Å². The molecule has 1 aliphatic rings. The molecule has 3 rings (SSSR count). The normalized spacial score (nSPS) is 21.6. The van der Waals surface area contributed by atoms with Gasteiger partial charge in [0.05, 0.1) is 21.9 Å². The second-order valence-electron chi connectivity index (χ2n) is 6.37. The molecule has 2 heterocycles. The number of hydrogen-bond acceptors (Lipinski definition) is 5. The summed E-state index contributed by atoms with van der Waals surface area (Å²) >= 11 is 1.33. The second-order valence-corrected chi connectivity index (χ2v) is 9.50. The molecule has 1 unspecified atom stereocenters. The smallest absolute Gasteiger partial charge is 0.265 e. The maximum atomic E-state index is 12.5. The van der Waals surface area contributed by atoms with Crippen molar-refractivity contribution in [1.29, 1.82) is 0 Å². The molecule has 0 radical (unpaired) electrons. The number of nitrogens with one attached hydrogen (secondary N) is 2. The lowest BCUT2D eigenvalue weighted by Gasteiger charge is -2.24. The minimum Gasteiger partial charge on any atom is -0.346 e. The molecule has 1 atom stereocenters. The number of sulfone groups is 1. The van der Waals surface area contributed by atoms with Crippen molar-refractivity contribution in [2.75, 3.05) is 16.8 Å². The molecule has 2 amide bonds. The number of benzene rings is 1. The molecule has 2 aromatic rings. The molecular formula is C17H18N2O4S2. The maximum Gasteiger partial charge on any atom is 0.265 e. The van der Waals surface area contributed by atoms with Crippen LogP contribution in [0, 0.1) is 0 Å². The highest BCUT2D eigenvalue weighted by Crippen LogP contribution is 2.23. The molecule has 1 aromatic carbocycles. The quantitative estimate of drug-likeness (QED) is 0.854. The topological polar surface area (TPSA) is 92.3 Å². The first-order valence-corrected chi connectivity index (χ1v) is 10.4. The van der Waals surface area contributed by atoms with E-state index in [9.17, 15) is 18.0 Å². The Morgan fingerprint density at radius 2 is 1.96 bits per heavy atom. The Hall–Kier alpha value is -2.19. The van der Waals surface area contributed by atoms with Crippen LogP contribution in [0.5, 0.6) is 0 Å². The zero-order valence-electron chi connectivity index (χ0n) is 13.6. The Balaban J connectivity index is 1.71. The molecule has 0 bridgehead atoms. The molecule has 8 heteroatoms. The molecule has 1 aromatic heterocycles. The lowest BCUT2D eigenvalue weighted by molar-refractivity contribution is 0.0914. The lowest BCUT2D eigenvalue weighted by Crippen LogP contribution is -2.46. The summed E-state index contributed by atoms with van der Waals surface area (Å²) < 4.78 is 23.3. The van der Waals surface area contributed by atoms with E-state index in [4.69, 9.17) is 0 Å². The fourth-order valence-electron chi connectivity index (χ4n) is 2.79. The van der Waals surface area contributed by atoms with Gasteiger partial charge >= 0.3 is 0 Å². The van der Waals surface area contributed by atoms with Gasteiger partial charge < -0.3 is 10.6 Å². The fraction of sp³-hybridized carbons (Fsp3) is 0.294. The van der Waals surface area contributed by atoms with E-state index in [1.54, 1.807) is 43.3 Å². The Labute approximate surface area is 150 Å². The maximum absolute atomic E-state index is 12.5.